The zero-order valence-electron chi connectivity index (χ0n) is 17.7. The van der Waals surface area contributed by atoms with Crippen molar-refractivity contribution < 1.29 is 4.79 Å². The number of fused-ring (bicyclic) bond motifs is 3. The lowest BCUT2D eigenvalue weighted by Crippen LogP contribution is -2.35. The van der Waals surface area contributed by atoms with Crippen LogP contribution >= 0.6 is 11.8 Å². The van der Waals surface area contributed by atoms with Gasteiger partial charge in [-0.3, -0.25) is 9.69 Å². The quantitative estimate of drug-likeness (QED) is 0.490. The molecule has 0 saturated carbocycles. The first-order valence-electron chi connectivity index (χ1n) is 10.4. The van der Waals surface area contributed by atoms with E-state index in [4.69, 9.17) is 15.0 Å². The molecular weight excluding hydrogens is 408 g/mol. The Kier molecular flexibility index (Phi) is 5.23. The molecule has 3 heterocycles. The van der Waals surface area contributed by atoms with Crippen LogP contribution in [0.3, 0.4) is 0 Å². The van der Waals surface area contributed by atoms with Crippen molar-refractivity contribution in [1.29, 1.82) is 0 Å². The van der Waals surface area contributed by atoms with Gasteiger partial charge in [0.15, 0.2) is 11.6 Å². The Hall–Kier alpha value is -3.13. The van der Waals surface area contributed by atoms with E-state index in [1.807, 2.05) is 66.4 Å². The van der Waals surface area contributed by atoms with Gasteiger partial charge in [0.2, 0.25) is 5.91 Å². The molecule has 0 aliphatic carbocycles. The molecule has 0 N–H and O–H groups in total. The van der Waals surface area contributed by atoms with Crippen LogP contribution in [0.15, 0.2) is 48.5 Å². The fraction of sp³-hybridized carbons (Fsp3) is 0.304. The summed E-state index contributed by atoms with van der Waals surface area (Å²) >= 11 is 1.70. The molecule has 7 nitrogen and oxygen atoms in total. The number of aromatic nitrogens is 4. The minimum atomic E-state index is 0.00615. The third-order valence-electron chi connectivity index (χ3n) is 5.63. The maximum atomic E-state index is 13.6. The first-order valence-corrected chi connectivity index (χ1v) is 11.8. The molecule has 0 bridgehead atoms. The summed E-state index contributed by atoms with van der Waals surface area (Å²) in [6.45, 7) is 1.68. The topological polar surface area (TPSA) is 67.2 Å². The lowest BCUT2D eigenvalue weighted by Gasteiger charge is -2.23. The van der Waals surface area contributed by atoms with Crippen LogP contribution in [0.4, 0.5) is 11.6 Å². The Morgan fingerprint density at radius 2 is 1.61 bits per heavy atom. The molecule has 4 aromatic rings. The van der Waals surface area contributed by atoms with Crippen molar-refractivity contribution >= 4 is 51.4 Å². The molecule has 0 atom stereocenters. The number of imidazole rings is 1. The smallest absolute Gasteiger partial charge is 0.248 e. The minimum absolute atomic E-state index is 0.00615. The summed E-state index contributed by atoms with van der Waals surface area (Å²) in [7, 11) is 2.01. The molecule has 0 radical (unpaired) electrons. The van der Waals surface area contributed by atoms with Crippen molar-refractivity contribution in [3.63, 3.8) is 0 Å². The maximum Gasteiger partial charge on any atom is 0.248 e. The van der Waals surface area contributed by atoms with Crippen molar-refractivity contribution in [2.24, 2.45) is 0 Å². The number of para-hydroxylation sites is 4. The van der Waals surface area contributed by atoms with Gasteiger partial charge < -0.3 is 9.47 Å². The van der Waals surface area contributed by atoms with Gasteiger partial charge in [0.1, 0.15) is 12.4 Å². The summed E-state index contributed by atoms with van der Waals surface area (Å²) in [6.07, 6.45) is 2.91. The third-order valence-corrected chi connectivity index (χ3v) is 6.18. The summed E-state index contributed by atoms with van der Waals surface area (Å²) in [6, 6.07) is 15.8. The van der Waals surface area contributed by atoms with Crippen LogP contribution in [0.1, 0.15) is 12.2 Å². The van der Waals surface area contributed by atoms with Crippen LogP contribution in [0.5, 0.6) is 0 Å². The Morgan fingerprint density at radius 3 is 2.35 bits per heavy atom. The first-order chi connectivity index (χ1) is 15.2. The molecule has 0 fully saturated rings. The summed E-state index contributed by atoms with van der Waals surface area (Å²) in [5.41, 5.74) is 3.54. The molecule has 158 valence electrons. The molecule has 2 aromatic carbocycles. The SMILES string of the molecule is CSCc1nc2ccccc2n1CC(=O)N1CCCN(C)c2nc3ccccc3nc21. The van der Waals surface area contributed by atoms with Gasteiger partial charge in [-0.25, -0.2) is 15.0 Å². The highest BCUT2D eigenvalue weighted by molar-refractivity contribution is 7.97. The van der Waals surface area contributed by atoms with Crippen molar-refractivity contribution in [3.05, 3.63) is 54.4 Å². The van der Waals surface area contributed by atoms with E-state index in [0.29, 0.717) is 12.4 Å². The standard InChI is InChI=1S/C23H24N6OS/c1-27-12-7-13-28(23-22(27)25-16-8-3-4-9-17(16)26-23)21(30)14-29-19-11-6-5-10-18(19)24-20(29)15-31-2/h3-6,8-11H,7,12-15H2,1-2H3. The summed E-state index contributed by atoms with van der Waals surface area (Å²) in [5.74, 6) is 3.07. The average Bonchev–Trinajstić information content (AvgIpc) is 3.03. The van der Waals surface area contributed by atoms with Gasteiger partial charge in [-0.1, -0.05) is 24.3 Å². The van der Waals surface area contributed by atoms with Crippen LogP contribution in [-0.2, 0) is 17.1 Å². The van der Waals surface area contributed by atoms with Gasteiger partial charge in [0.25, 0.3) is 0 Å². The average molecular weight is 433 g/mol. The Morgan fingerprint density at radius 1 is 0.935 bits per heavy atom. The number of amides is 1. The Labute approximate surface area is 185 Å². The van der Waals surface area contributed by atoms with Gasteiger partial charge >= 0.3 is 0 Å². The zero-order chi connectivity index (χ0) is 21.4. The van der Waals surface area contributed by atoms with E-state index in [0.717, 1.165) is 52.4 Å². The van der Waals surface area contributed by atoms with Crippen LogP contribution in [0, 0.1) is 0 Å². The normalized spacial score (nSPS) is 14.1. The first kappa shape index (κ1) is 19.8. The highest BCUT2D eigenvalue weighted by Gasteiger charge is 2.27. The van der Waals surface area contributed by atoms with Gasteiger partial charge in [0.05, 0.1) is 27.8 Å². The van der Waals surface area contributed by atoms with E-state index >= 15 is 0 Å². The fourth-order valence-electron chi connectivity index (χ4n) is 4.10. The van der Waals surface area contributed by atoms with Crippen molar-refractivity contribution in [2.45, 2.75) is 18.7 Å². The zero-order valence-corrected chi connectivity index (χ0v) is 18.5. The van der Waals surface area contributed by atoms with Gasteiger partial charge in [0, 0.05) is 20.1 Å². The Bertz CT molecular complexity index is 1270. The van der Waals surface area contributed by atoms with Gasteiger partial charge in [-0.15, -0.1) is 0 Å². The number of nitrogens with zero attached hydrogens (tertiary/aromatic N) is 6. The number of anilines is 2. The molecular formula is C23H24N6OS. The molecule has 1 aliphatic rings. The molecule has 0 spiro atoms. The van der Waals surface area contributed by atoms with E-state index in [9.17, 15) is 4.79 Å². The predicted molar refractivity (Wildman–Crippen MR) is 127 cm³/mol. The minimum Gasteiger partial charge on any atom is -0.357 e. The van der Waals surface area contributed by atoms with E-state index < -0.39 is 0 Å². The van der Waals surface area contributed by atoms with Crippen LogP contribution < -0.4 is 9.80 Å². The lowest BCUT2D eigenvalue weighted by molar-refractivity contribution is -0.119. The fourth-order valence-corrected chi connectivity index (χ4v) is 4.58. The second-order valence-corrected chi connectivity index (χ2v) is 8.58. The highest BCUT2D eigenvalue weighted by Crippen LogP contribution is 2.30. The number of hydrogen-bond donors (Lipinski definition) is 0. The predicted octanol–water partition coefficient (Wildman–Crippen LogP) is 3.72. The maximum absolute atomic E-state index is 13.6. The van der Waals surface area contributed by atoms with Crippen molar-refractivity contribution in [3.8, 4) is 0 Å². The van der Waals surface area contributed by atoms with Crippen molar-refractivity contribution in [2.75, 3.05) is 36.2 Å². The Balaban J connectivity index is 1.56. The monoisotopic (exact) mass is 432 g/mol. The van der Waals surface area contributed by atoms with Gasteiger partial charge in [-0.05, 0) is 36.9 Å². The molecule has 0 saturated heterocycles. The van der Waals surface area contributed by atoms with E-state index in [1.54, 1.807) is 16.7 Å². The van der Waals surface area contributed by atoms with Crippen LogP contribution in [0.2, 0.25) is 0 Å². The molecule has 5 rings (SSSR count). The molecule has 2 aromatic heterocycles. The number of rotatable bonds is 4. The van der Waals surface area contributed by atoms with E-state index in [2.05, 4.69) is 4.90 Å². The summed E-state index contributed by atoms with van der Waals surface area (Å²) in [4.78, 5) is 31.9. The lowest BCUT2D eigenvalue weighted by atomic mass is 10.3. The van der Waals surface area contributed by atoms with Crippen LogP contribution in [-0.4, -0.2) is 51.8 Å². The second kappa shape index (κ2) is 8.19. The number of benzene rings is 2. The van der Waals surface area contributed by atoms with Gasteiger partial charge in [-0.2, -0.15) is 11.8 Å². The van der Waals surface area contributed by atoms with Crippen molar-refractivity contribution in [1.82, 2.24) is 19.5 Å². The highest BCUT2D eigenvalue weighted by atomic mass is 32.2. The summed E-state index contributed by atoms with van der Waals surface area (Å²) in [5, 5.41) is 0. The molecule has 0 unspecified atom stereocenters. The molecule has 1 aliphatic heterocycles. The number of thioether (sulfide) groups is 1. The number of carbonyl (C=O) groups excluding carboxylic acids is 1. The second-order valence-electron chi connectivity index (χ2n) is 7.72. The molecule has 1 amide bonds. The largest absolute Gasteiger partial charge is 0.357 e. The molecule has 8 heteroatoms. The third kappa shape index (κ3) is 3.61. The summed E-state index contributed by atoms with van der Waals surface area (Å²) < 4.78 is 2.04. The molecule has 31 heavy (non-hydrogen) atoms. The number of carbonyl (C=O) groups is 1. The number of hydrogen-bond acceptors (Lipinski definition) is 6. The van der Waals surface area contributed by atoms with E-state index in [1.165, 1.54) is 0 Å². The van der Waals surface area contributed by atoms with E-state index in [-0.39, 0.29) is 12.5 Å². The van der Waals surface area contributed by atoms with Crippen LogP contribution in [0.25, 0.3) is 22.1 Å².